The minimum absolute atomic E-state index is 0.602. The molecule has 0 fully saturated rings. The summed E-state index contributed by atoms with van der Waals surface area (Å²) in [4.78, 5) is 24.4. The standard InChI is InChI=1S/C30H29ClN6O3S/c1-17-13-21-27(25(18-5-7-20(31)8-6-18)24(17)26(29(38)39)40-30(2,3)4)41-28(34-21)19-9-10-32-22(14-19)36-11-12-37-16-33-35-23(37)15-36/h5-10,13-14,16,26H,11-12,15H2,1-4H3,(H,38,39). The first-order valence-electron chi connectivity index (χ1n) is 13.3. The summed E-state index contributed by atoms with van der Waals surface area (Å²) in [6.07, 6.45) is 2.39. The van der Waals surface area contributed by atoms with Crippen LogP contribution in [0.3, 0.4) is 0 Å². The summed E-state index contributed by atoms with van der Waals surface area (Å²) in [6.45, 7) is 9.71. The van der Waals surface area contributed by atoms with Gasteiger partial charge >= 0.3 is 5.97 Å². The van der Waals surface area contributed by atoms with Crippen LogP contribution in [0.25, 0.3) is 31.9 Å². The Hall–Kier alpha value is -3.86. The lowest BCUT2D eigenvalue weighted by Crippen LogP contribution is -2.34. The summed E-state index contributed by atoms with van der Waals surface area (Å²) in [5.41, 5.74) is 4.11. The molecule has 1 unspecified atom stereocenters. The lowest BCUT2D eigenvalue weighted by atomic mass is 9.91. The first kappa shape index (κ1) is 27.3. The Morgan fingerprint density at radius 3 is 2.63 bits per heavy atom. The Labute approximate surface area is 246 Å². The summed E-state index contributed by atoms with van der Waals surface area (Å²) in [5.74, 6) is 0.707. The van der Waals surface area contributed by atoms with Gasteiger partial charge in [0, 0.05) is 41.0 Å². The smallest absolute Gasteiger partial charge is 0.337 e. The van der Waals surface area contributed by atoms with Crippen LogP contribution in [0.5, 0.6) is 0 Å². The Bertz CT molecular complexity index is 1760. The number of aryl methyl sites for hydroxylation is 1. The Balaban J connectivity index is 1.49. The van der Waals surface area contributed by atoms with Gasteiger partial charge in [0.05, 0.1) is 22.4 Å². The number of aromatic nitrogens is 5. The third-order valence-corrected chi connectivity index (χ3v) is 8.36. The van der Waals surface area contributed by atoms with Crippen LogP contribution in [0.2, 0.25) is 5.02 Å². The maximum absolute atomic E-state index is 12.6. The van der Waals surface area contributed by atoms with Crippen LogP contribution >= 0.6 is 22.9 Å². The minimum Gasteiger partial charge on any atom is -0.479 e. The number of aliphatic carboxylic acids is 1. The molecule has 1 aliphatic heterocycles. The highest BCUT2D eigenvalue weighted by molar-refractivity contribution is 7.22. The van der Waals surface area contributed by atoms with Gasteiger partial charge in [-0.05, 0) is 69.2 Å². The zero-order valence-corrected chi connectivity index (χ0v) is 24.7. The number of hydrogen-bond acceptors (Lipinski definition) is 8. The molecule has 9 nitrogen and oxygen atoms in total. The minimum atomic E-state index is -1.16. The molecule has 210 valence electrons. The van der Waals surface area contributed by atoms with Crippen molar-refractivity contribution in [2.75, 3.05) is 11.4 Å². The number of fused-ring (bicyclic) bond motifs is 2. The van der Waals surface area contributed by atoms with Crippen molar-refractivity contribution in [3.8, 4) is 21.7 Å². The van der Waals surface area contributed by atoms with E-state index in [-0.39, 0.29) is 0 Å². The molecule has 1 aliphatic rings. The highest BCUT2D eigenvalue weighted by Crippen LogP contribution is 2.44. The predicted molar refractivity (Wildman–Crippen MR) is 160 cm³/mol. The SMILES string of the molecule is Cc1cc2nc(-c3ccnc(N4CCn5cnnc5C4)c3)sc2c(-c2ccc(Cl)cc2)c1C(OC(C)(C)C)C(=O)O. The molecule has 0 bridgehead atoms. The molecule has 11 heteroatoms. The van der Waals surface area contributed by atoms with E-state index in [1.807, 2.05) is 70.2 Å². The van der Waals surface area contributed by atoms with Crippen molar-refractivity contribution in [3.05, 3.63) is 77.0 Å². The topological polar surface area (TPSA) is 106 Å². The lowest BCUT2D eigenvalue weighted by molar-refractivity contribution is -0.160. The number of hydrogen-bond donors (Lipinski definition) is 1. The molecule has 3 aromatic heterocycles. The van der Waals surface area contributed by atoms with Gasteiger partial charge in [-0.25, -0.2) is 14.8 Å². The number of rotatable bonds is 6. The number of carboxylic acid groups (broad SMARTS) is 1. The van der Waals surface area contributed by atoms with E-state index in [1.54, 1.807) is 12.5 Å². The zero-order valence-electron chi connectivity index (χ0n) is 23.1. The number of anilines is 1. The maximum Gasteiger partial charge on any atom is 0.337 e. The third-order valence-electron chi connectivity index (χ3n) is 6.97. The van der Waals surface area contributed by atoms with Gasteiger partial charge in [0.1, 0.15) is 17.2 Å². The number of thiazole rings is 1. The molecule has 0 saturated carbocycles. The predicted octanol–water partition coefficient (Wildman–Crippen LogP) is 6.54. The molecule has 2 aromatic carbocycles. The van der Waals surface area contributed by atoms with E-state index in [0.29, 0.717) is 17.1 Å². The molecule has 5 aromatic rings. The molecule has 1 N–H and O–H groups in total. The molecular formula is C30H29ClN6O3S. The van der Waals surface area contributed by atoms with Gasteiger partial charge in [-0.15, -0.1) is 21.5 Å². The second-order valence-corrected chi connectivity index (χ2v) is 12.5. The molecule has 4 heterocycles. The maximum atomic E-state index is 12.6. The number of carbonyl (C=O) groups is 1. The lowest BCUT2D eigenvalue weighted by Gasteiger charge is -2.28. The van der Waals surface area contributed by atoms with Crippen molar-refractivity contribution in [3.63, 3.8) is 0 Å². The Morgan fingerprint density at radius 2 is 1.90 bits per heavy atom. The average Bonchev–Trinajstić information content (AvgIpc) is 3.58. The number of ether oxygens (including phenoxy) is 1. The van der Waals surface area contributed by atoms with Crippen LogP contribution in [0.4, 0.5) is 5.82 Å². The summed E-state index contributed by atoms with van der Waals surface area (Å²) in [5, 5.41) is 20.0. The van der Waals surface area contributed by atoms with Crippen LogP contribution in [-0.4, -0.2) is 48.0 Å². The monoisotopic (exact) mass is 588 g/mol. The van der Waals surface area contributed by atoms with Crippen molar-refractivity contribution in [1.29, 1.82) is 0 Å². The number of halogens is 1. The summed E-state index contributed by atoms with van der Waals surface area (Å²) in [6, 6.07) is 13.4. The fourth-order valence-corrected chi connectivity index (χ4v) is 6.40. The highest BCUT2D eigenvalue weighted by atomic mass is 35.5. The number of benzene rings is 2. The van der Waals surface area contributed by atoms with Gasteiger partial charge in [0.25, 0.3) is 0 Å². The van der Waals surface area contributed by atoms with Crippen LogP contribution in [0, 0.1) is 6.92 Å². The normalized spacial score (nSPS) is 14.3. The fourth-order valence-electron chi connectivity index (χ4n) is 5.15. The Morgan fingerprint density at radius 1 is 1.12 bits per heavy atom. The molecule has 6 rings (SSSR count). The first-order valence-corrected chi connectivity index (χ1v) is 14.5. The van der Waals surface area contributed by atoms with Gasteiger partial charge in [0.15, 0.2) is 11.9 Å². The average molecular weight is 589 g/mol. The van der Waals surface area contributed by atoms with E-state index < -0.39 is 17.7 Å². The first-order chi connectivity index (χ1) is 19.6. The second kappa shape index (κ2) is 10.5. The van der Waals surface area contributed by atoms with Gasteiger partial charge in [-0.1, -0.05) is 23.7 Å². The number of pyridine rings is 1. The molecule has 0 radical (unpaired) electrons. The van der Waals surface area contributed by atoms with Gasteiger partial charge < -0.3 is 19.3 Å². The van der Waals surface area contributed by atoms with Crippen molar-refractivity contribution in [1.82, 2.24) is 24.7 Å². The third kappa shape index (κ3) is 5.42. The molecule has 0 spiro atoms. The van der Waals surface area contributed by atoms with E-state index in [2.05, 4.69) is 24.6 Å². The summed E-state index contributed by atoms with van der Waals surface area (Å²) >= 11 is 7.75. The van der Waals surface area contributed by atoms with E-state index in [9.17, 15) is 9.90 Å². The van der Waals surface area contributed by atoms with Gasteiger partial charge in [-0.3, -0.25) is 0 Å². The molecular weight excluding hydrogens is 560 g/mol. The van der Waals surface area contributed by atoms with Crippen LogP contribution in [-0.2, 0) is 22.6 Å². The largest absolute Gasteiger partial charge is 0.479 e. The second-order valence-electron chi connectivity index (χ2n) is 11.1. The number of carboxylic acids is 1. The highest BCUT2D eigenvalue weighted by Gasteiger charge is 2.32. The molecule has 0 amide bonds. The summed E-state index contributed by atoms with van der Waals surface area (Å²) < 4.78 is 9.07. The van der Waals surface area contributed by atoms with Crippen LogP contribution < -0.4 is 4.90 Å². The van der Waals surface area contributed by atoms with Gasteiger partial charge in [0.2, 0.25) is 0 Å². The van der Waals surface area contributed by atoms with Crippen LogP contribution in [0.15, 0.2) is 55.0 Å². The molecule has 1 atom stereocenters. The van der Waals surface area contributed by atoms with Crippen molar-refractivity contribution in [2.24, 2.45) is 0 Å². The van der Waals surface area contributed by atoms with E-state index in [1.165, 1.54) is 11.3 Å². The van der Waals surface area contributed by atoms with E-state index in [4.69, 9.17) is 21.3 Å². The van der Waals surface area contributed by atoms with Crippen molar-refractivity contribution in [2.45, 2.75) is 52.5 Å². The fraction of sp³-hybridized carbons (Fsp3) is 0.300. The van der Waals surface area contributed by atoms with Crippen molar-refractivity contribution < 1.29 is 14.6 Å². The van der Waals surface area contributed by atoms with E-state index >= 15 is 0 Å². The molecule has 41 heavy (non-hydrogen) atoms. The quantitative estimate of drug-likeness (QED) is 0.238. The van der Waals surface area contributed by atoms with Gasteiger partial charge in [-0.2, -0.15) is 0 Å². The zero-order chi connectivity index (χ0) is 28.9. The number of nitrogens with zero attached hydrogens (tertiary/aromatic N) is 6. The van der Waals surface area contributed by atoms with Crippen molar-refractivity contribution >= 4 is 44.9 Å². The molecule has 0 saturated heterocycles. The Kier molecular flexibility index (Phi) is 7.01. The summed E-state index contributed by atoms with van der Waals surface area (Å²) in [7, 11) is 0. The van der Waals surface area contributed by atoms with Crippen LogP contribution in [0.1, 0.15) is 43.8 Å². The van der Waals surface area contributed by atoms with E-state index in [0.717, 1.165) is 62.2 Å². The molecule has 0 aliphatic carbocycles.